The van der Waals surface area contributed by atoms with Crippen molar-refractivity contribution in [3.05, 3.63) is 53.8 Å². The molecular formula is C14H7F4NO. The zero-order chi connectivity index (χ0) is 14.8. The van der Waals surface area contributed by atoms with Gasteiger partial charge in [-0.2, -0.15) is 5.26 Å². The van der Waals surface area contributed by atoms with E-state index in [1.165, 1.54) is 36.4 Å². The van der Waals surface area contributed by atoms with Crippen molar-refractivity contribution in [3.63, 3.8) is 0 Å². The first-order valence-electron chi connectivity index (χ1n) is 5.45. The summed E-state index contributed by atoms with van der Waals surface area (Å²) >= 11 is 0. The van der Waals surface area contributed by atoms with E-state index in [0.717, 1.165) is 6.07 Å². The molecule has 2 rings (SSSR count). The van der Waals surface area contributed by atoms with Crippen molar-refractivity contribution in [2.24, 2.45) is 0 Å². The summed E-state index contributed by atoms with van der Waals surface area (Å²) in [6.07, 6.45) is -4.86. The van der Waals surface area contributed by atoms with Gasteiger partial charge in [0.15, 0.2) is 0 Å². The quantitative estimate of drug-likeness (QED) is 0.770. The number of nitrogens with zero attached hydrogens (tertiary/aromatic N) is 1. The van der Waals surface area contributed by atoms with E-state index >= 15 is 0 Å². The van der Waals surface area contributed by atoms with E-state index in [1.54, 1.807) is 6.07 Å². The molecule has 0 amide bonds. The second-order valence-electron chi connectivity index (χ2n) is 3.88. The monoisotopic (exact) mass is 281 g/mol. The lowest BCUT2D eigenvalue weighted by molar-refractivity contribution is -0.274. The fourth-order valence-corrected chi connectivity index (χ4v) is 1.65. The van der Waals surface area contributed by atoms with Crippen LogP contribution in [0.25, 0.3) is 11.1 Å². The summed E-state index contributed by atoms with van der Waals surface area (Å²) in [4.78, 5) is 0. The van der Waals surface area contributed by atoms with Crippen LogP contribution in [-0.4, -0.2) is 6.36 Å². The smallest absolute Gasteiger partial charge is 0.404 e. The van der Waals surface area contributed by atoms with Crippen LogP contribution in [0.1, 0.15) is 5.56 Å². The Balaban J connectivity index is 2.39. The van der Waals surface area contributed by atoms with E-state index in [1.807, 2.05) is 0 Å². The van der Waals surface area contributed by atoms with Crippen LogP contribution in [0.5, 0.6) is 5.75 Å². The van der Waals surface area contributed by atoms with Crippen LogP contribution in [0.3, 0.4) is 0 Å². The molecule has 2 aromatic carbocycles. The first kappa shape index (κ1) is 13.9. The van der Waals surface area contributed by atoms with Gasteiger partial charge in [0.2, 0.25) is 0 Å². The molecule has 0 saturated heterocycles. The van der Waals surface area contributed by atoms with Crippen molar-refractivity contribution in [1.82, 2.24) is 0 Å². The molecule has 6 heteroatoms. The predicted molar refractivity (Wildman–Crippen MR) is 63.2 cm³/mol. The van der Waals surface area contributed by atoms with Crippen molar-refractivity contribution < 1.29 is 22.3 Å². The van der Waals surface area contributed by atoms with E-state index in [2.05, 4.69) is 4.74 Å². The summed E-state index contributed by atoms with van der Waals surface area (Å²) in [6.45, 7) is 0. The lowest BCUT2D eigenvalue weighted by atomic mass is 10.0. The van der Waals surface area contributed by atoms with Gasteiger partial charge in [-0.3, -0.25) is 0 Å². The molecule has 0 radical (unpaired) electrons. The average Bonchev–Trinajstić information content (AvgIpc) is 2.38. The van der Waals surface area contributed by atoms with Gasteiger partial charge in [-0.1, -0.05) is 18.2 Å². The number of halogens is 4. The standard InChI is InChI=1S/C14H7F4NO/c15-12-4-1-9(2-5-12)10-3-6-13(11(7-10)8-19)20-14(16,17)18/h1-7H. The van der Waals surface area contributed by atoms with Crippen molar-refractivity contribution in [2.45, 2.75) is 6.36 Å². The van der Waals surface area contributed by atoms with Crippen LogP contribution in [0, 0.1) is 17.1 Å². The number of ether oxygens (including phenoxy) is 1. The lowest BCUT2D eigenvalue weighted by Gasteiger charge is -2.11. The van der Waals surface area contributed by atoms with E-state index in [9.17, 15) is 17.6 Å². The third-order valence-electron chi connectivity index (χ3n) is 2.50. The number of alkyl halides is 3. The predicted octanol–water partition coefficient (Wildman–Crippen LogP) is 4.26. The first-order valence-corrected chi connectivity index (χ1v) is 5.45. The normalized spacial score (nSPS) is 10.9. The van der Waals surface area contributed by atoms with Crippen molar-refractivity contribution in [3.8, 4) is 22.9 Å². The highest BCUT2D eigenvalue weighted by Gasteiger charge is 2.32. The maximum atomic E-state index is 12.8. The zero-order valence-corrected chi connectivity index (χ0v) is 9.91. The number of nitriles is 1. The highest BCUT2D eigenvalue weighted by atomic mass is 19.4. The Morgan fingerprint density at radius 1 is 0.950 bits per heavy atom. The molecule has 2 nitrogen and oxygen atoms in total. The fraction of sp³-hybridized carbons (Fsp3) is 0.0714. The van der Waals surface area contributed by atoms with Gasteiger partial charge in [-0.15, -0.1) is 13.2 Å². The average molecular weight is 281 g/mol. The summed E-state index contributed by atoms with van der Waals surface area (Å²) in [6, 6.07) is 10.7. The Morgan fingerprint density at radius 3 is 2.10 bits per heavy atom. The van der Waals surface area contributed by atoms with Gasteiger partial charge >= 0.3 is 6.36 Å². The van der Waals surface area contributed by atoms with Gasteiger partial charge in [0.25, 0.3) is 0 Å². The minimum Gasteiger partial charge on any atom is -0.404 e. The molecule has 0 heterocycles. The van der Waals surface area contributed by atoms with E-state index in [4.69, 9.17) is 5.26 Å². The zero-order valence-electron chi connectivity index (χ0n) is 9.91. The van der Waals surface area contributed by atoms with Crippen LogP contribution < -0.4 is 4.74 Å². The highest BCUT2D eigenvalue weighted by Crippen LogP contribution is 2.30. The van der Waals surface area contributed by atoms with Gasteiger partial charge in [0.05, 0.1) is 5.56 Å². The topological polar surface area (TPSA) is 33.0 Å². The van der Waals surface area contributed by atoms with Crippen molar-refractivity contribution >= 4 is 0 Å². The molecular weight excluding hydrogens is 274 g/mol. The molecule has 0 atom stereocenters. The largest absolute Gasteiger partial charge is 0.573 e. The minimum atomic E-state index is -4.86. The SMILES string of the molecule is N#Cc1cc(-c2ccc(F)cc2)ccc1OC(F)(F)F. The molecule has 2 aromatic rings. The lowest BCUT2D eigenvalue weighted by Crippen LogP contribution is -2.17. The minimum absolute atomic E-state index is 0.246. The Kier molecular flexibility index (Phi) is 3.61. The highest BCUT2D eigenvalue weighted by molar-refractivity contribution is 5.67. The van der Waals surface area contributed by atoms with E-state index in [0.29, 0.717) is 11.1 Å². The first-order chi connectivity index (χ1) is 9.39. The second kappa shape index (κ2) is 5.21. The molecule has 0 spiro atoms. The van der Waals surface area contributed by atoms with Crippen molar-refractivity contribution in [2.75, 3.05) is 0 Å². The molecule has 0 aliphatic carbocycles. The Morgan fingerprint density at radius 2 is 1.55 bits per heavy atom. The van der Waals surface area contributed by atoms with E-state index < -0.39 is 17.9 Å². The third kappa shape index (κ3) is 3.26. The molecule has 0 unspecified atom stereocenters. The van der Waals surface area contributed by atoms with Gasteiger partial charge in [0, 0.05) is 0 Å². The van der Waals surface area contributed by atoms with E-state index in [-0.39, 0.29) is 5.56 Å². The molecule has 0 aliphatic heterocycles. The van der Waals surface area contributed by atoms with Crippen LogP contribution in [0.4, 0.5) is 17.6 Å². The second-order valence-corrected chi connectivity index (χ2v) is 3.88. The number of hydrogen-bond donors (Lipinski definition) is 0. The van der Waals surface area contributed by atoms with Crippen LogP contribution in [-0.2, 0) is 0 Å². The van der Waals surface area contributed by atoms with Crippen LogP contribution >= 0.6 is 0 Å². The van der Waals surface area contributed by atoms with Crippen LogP contribution in [0.2, 0.25) is 0 Å². The number of rotatable bonds is 2. The summed E-state index contributed by atoms with van der Waals surface area (Å²) < 4.78 is 53.0. The van der Waals surface area contributed by atoms with Crippen LogP contribution in [0.15, 0.2) is 42.5 Å². The molecule has 102 valence electrons. The Hall–Kier alpha value is -2.55. The molecule has 0 aromatic heterocycles. The van der Waals surface area contributed by atoms with Gasteiger partial charge < -0.3 is 4.74 Å². The molecule has 0 saturated carbocycles. The maximum Gasteiger partial charge on any atom is 0.573 e. The third-order valence-corrected chi connectivity index (χ3v) is 2.50. The van der Waals surface area contributed by atoms with Crippen molar-refractivity contribution in [1.29, 1.82) is 5.26 Å². The molecule has 20 heavy (non-hydrogen) atoms. The number of benzene rings is 2. The molecule has 0 fully saturated rings. The van der Waals surface area contributed by atoms with Gasteiger partial charge in [-0.05, 0) is 35.4 Å². The summed E-state index contributed by atoms with van der Waals surface area (Å²) in [5.41, 5.74) is 0.835. The maximum absolute atomic E-state index is 12.8. The molecule has 0 aliphatic rings. The molecule has 0 N–H and O–H groups in total. The summed E-state index contributed by atoms with van der Waals surface area (Å²) in [7, 11) is 0. The Labute approximate surface area is 111 Å². The van der Waals surface area contributed by atoms with Gasteiger partial charge in [0.1, 0.15) is 17.6 Å². The Bertz CT molecular complexity index is 656. The fourth-order valence-electron chi connectivity index (χ4n) is 1.65. The molecule has 0 bridgehead atoms. The summed E-state index contributed by atoms with van der Waals surface area (Å²) in [5.74, 6) is -0.989. The van der Waals surface area contributed by atoms with Gasteiger partial charge in [-0.25, -0.2) is 4.39 Å². The summed E-state index contributed by atoms with van der Waals surface area (Å²) in [5, 5.41) is 8.87. The number of hydrogen-bond acceptors (Lipinski definition) is 2.